The standard InChI is InChI=1S/C11H6Cl2N2/c12-6-1-2-7-8-3-4-14-11(13)10(8)15-9(7)5-6/h1-5,15H. The van der Waals surface area contributed by atoms with E-state index >= 15 is 0 Å². The van der Waals surface area contributed by atoms with Crippen LogP contribution >= 0.6 is 23.2 Å². The van der Waals surface area contributed by atoms with E-state index in [-0.39, 0.29) is 0 Å². The summed E-state index contributed by atoms with van der Waals surface area (Å²) in [4.78, 5) is 7.23. The summed E-state index contributed by atoms with van der Waals surface area (Å²) in [5.74, 6) is 0. The van der Waals surface area contributed by atoms with Gasteiger partial charge in [-0.25, -0.2) is 4.98 Å². The Kier molecular flexibility index (Phi) is 1.87. The second kappa shape index (κ2) is 3.12. The van der Waals surface area contributed by atoms with Crippen LogP contribution in [-0.2, 0) is 0 Å². The smallest absolute Gasteiger partial charge is 0.153 e. The lowest BCUT2D eigenvalue weighted by molar-refractivity contribution is 1.35. The Labute approximate surface area is 95.8 Å². The monoisotopic (exact) mass is 236 g/mol. The molecular weight excluding hydrogens is 231 g/mol. The molecule has 0 aliphatic heterocycles. The molecule has 74 valence electrons. The Hall–Kier alpha value is -1.25. The first-order valence-corrected chi connectivity index (χ1v) is 5.23. The normalized spacial score (nSPS) is 11.3. The minimum absolute atomic E-state index is 0.486. The number of halogens is 2. The Balaban J connectivity index is 2.57. The van der Waals surface area contributed by atoms with Gasteiger partial charge in [-0.3, -0.25) is 0 Å². The Morgan fingerprint density at radius 2 is 1.93 bits per heavy atom. The van der Waals surface area contributed by atoms with E-state index in [9.17, 15) is 0 Å². The van der Waals surface area contributed by atoms with E-state index in [1.54, 1.807) is 6.20 Å². The maximum Gasteiger partial charge on any atom is 0.153 e. The number of rotatable bonds is 0. The quantitative estimate of drug-likeness (QED) is 0.587. The van der Waals surface area contributed by atoms with Gasteiger partial charge in [0.15, 0.2) is 5.15 Å². The van der Waals surface area contributed by atoms with Gasteiger partial charge in [-0.05, 0) is 18.2 Å². The zero-order valence-electron chi connectivity index (χ0n) is 7.59. The third-order valence-corrected chi connectivity index (χ3v) is 2.96. The number of benzene rings is 1. The van der Waals surface area contributed by atoms with Gasteiger partial charge in [0.1, 0.15) is 0 Å². The number of H-pyrrole nitrogens is 1. The largest absolute Gasteiger partial charge is 0.352 e. The lowest BCUT2D eigenvalue weighted by atomic mass is 10.2. The molecular formula is C11H6Cl2N2. The molecule has 2 aromatic heterocycles. The number of pyridine rings is 1. The summed E-state index contributed by atoms with van der Waals surface area (Å²) in [5.41, 5.74) is 1.84. The van der Waals surface area contributed by atoms with Crippen molar-refractivity contribution in [2.75, 3.05) is 0 Å². The second-order valence-electron chi connectivity index (χ2n) is 3.34. The first-order chi connectivity index (χ1) is 7.25. The minimum Gasteiger partial charge on any atom is -0.352 e. The van der Waals surface area contributed by atoms with Crippen molar-refractivity contribution in [3.05, 3.63) is 40.6 Å². The zero-order chi connectivity index (χ0) is 10.4. The van der Waals surface area contributed by atoms with Crippen molar-refractivity contribution < 1.29 is 0 Å². The molecule has 0 atom stereocenters. The molecule has 0 saturated carbocycles. The molecule has 0 unspecified atom stereocenters. The van der Waals surface area contributed by atoms with Gasteiger partial charge < -0.3 is 4.98 Å². The van der Waals surface area contributed by atoms with E-state index in [0.29, 0.717) is 10.2 Å². The molecule has 1 aromatic carbocycles. The van der Waals surface area contributed by atoms with Crippen LogP contribution < -0.4 is 0 Å². The van der Waals surface area contributed by atoms with Crippen molar-refractivity contribution in [3.63, 3.8) is 0 Å². The molecule has 0 fully saturated rings. The van der Waals surface area contributed by atoms with Crippen LogP contribution in [0, 0.1) is 0 Å². The Bertz CT molecular complexity index is 658. The van der Waals surface area contributed by atoms with Crippen LogP contribution in [-0.4, -0.2) is 9.97 Å². The molecule has 3 aromatic rings. The van der Waals surface area contributed by atoms with Gasteiger partial charge in [0.2, 0.25) is 0 Å². The lowest BCUT2D eigenvalue weighted by Gasteiger charge is -1.91. The molecule has 0 spiro atoms. The van der Waals surface area contributed by atoms with E-state index in [0.717, 1.165) is 21.8 Å². The summed E-state index contributed by atoms with van der Waals surface area (Å²) in [5, 5.41) is 3.37. The van der Waals surface area contributed by atoms with Gasteiger partial charge in [-0.1, -0.05) is 29.3 Å². The molecule has 0 amide bonds. The Morgan fingerprint density at radius 1 is 1.07 bits per heavy atom. The molecule has 0 radical (unpaired) electrons. The number of nitrogens with zero attached hydrogens (tertiary/aromatic N) is 1. The van der Waals surface area contributed by atoms with Crippen molar-refractivity contribution in [3.8, 4) is 0 Å². The predicted molar refractivity (Wildman–Crippen MR) is 63.6 cm³/mol. The summed E-state index contributed by atoms with van der Waals surface area (Å²) in [6, 6.07) is 7.67. The summed E-state index contributed by atoms with van der Waals surface area (Å²) in [6.07, 6.45) is 1.70. The van der Waals surface area contributed by atoms with Crippen molar-refractivity contribution in [1.82, 2.24) is 9.97 Å². The molecule has 15 heavy (non-hydrogen) atoms. The highest BCUT2D eigenvalue weighted by Crippen LogP contribution is 2.29. The number of fused-ring (bicyclic) bond motifs is 3. The first kappa shape index (κ1) is 9.01. The highest BCUT2D eigenvalue weighted by Gasteiger charge is 2.07. The predicted octanol–water partition coefficient (Wildman–Crippen LogP) is 4.02. The fourth-order valence-electron chi connectivity index (χ4n) is 1.77. The van der Waals surface area contributed by atoms with E-state index in [1.807, 2.05) is 24.3 Å². The van der Waals surface area contributed by atoms with Crippen LogP contribution in [0.2, 0.25) is 10.2 Å². The highest BCUT2D eigenvalue weighted by atomic mass is 35.5. The molecule has 2 nitrogen and oxygen atoms in total. The van der Waals surface area contributed by atoms with Crippen molar-refractivity contribution >= 4 is 45.0 Å². The van der Waals surface area contributed by atoms with Crippen LogP contribution in [0.15, 0.2) is 30.5 Å². The fraction of sp³-hybridized carbons (Fsp3) is 0. The fourth-order valence-corrected chi connectivity index (χ4v) is 2.15. The second-order valence-corrected chi connectivity index (χ2v) is 4.13. The van der Waals surface area contributed by atoms with Crippen molar-refractivity contribution in [1.29, 1.82) is 0 Å². The van der Waals surface area contributed by atoms with Crippen LogP contribution in [0.5, 0.6) is 0 Å². The van der Waals surface area contributed by atoms with Gasteiger partial charge in [0.25, 0.3) is 0 Å². The molecule has 4 heteroatoms. The van der Waals surface area contributed by atoms with Crippen molar-refractivity contribution in [2.45, 2.75) is 0 Å². The van der Waals surface area contributed by atoms with Gasteiger partial charge in [0.05, 0.1) is 5.52 Å². The third-order valence-electron chi connectivity index (χ3n) is 2.44. The summed E-state index contributed by atoms with van der Waals surface area (Å²) in [6.45, 7) is 0. The minimum atomic E-state index is 0.486. The average molecular weight is 237 g/mol. The van der Waals surface area contributed by atoms with E-state index in [2.05, 4.69) is 9.97 Å². The van der Waals surface area contributed by atoms with Crippen LogP contribution in [0.3, 0.4) is 0 Å². The number of hydrogen-bond acceptors (Lipinski definition) is 1. The third kappa shape index (κ3) is 1.29. The highest BCUT2D eigenvalue weighted by molar-refractivity contribution is 6.35. The average Bonchev–Trinajstić information content (AvgIpc) is 2.57. The Morgan fingerprint density at radius 3 is 2.80 bits per heavy atom. The molecule has 2 heterocycles. The van der Waals surface area contributed by atoms with Gasteiger partial charge >= 0.3 is 0 Å². The van der Waals surface area contributed by atoms with Crippen molar-refractivity contribution in [2.24, 2.45) is 0 Å². The summed E-state index contributed by atoms with van der Waals surface area (Å²) >= 11 is 11.9. The number of aromatic nitrogens is 2. The number of nitrogens with one attached hydrogen (secondary N) is 1. The molecule has 0 saturated heterocycles. The lowest BCUT2D eigenvalue weighted by Crippen LogP contribution is -1.74. The number of aromatic amines is 1. The van der Waals surface area contributed by atoms with Gasteiger partial charge in [-0.15, -0.1) is 0 Å². The van der Waals surface area contributed by atoms with Gasteiger partial charge in [0, 0.05) is 27.5 Å². The summed E-state index contributed by atoms with van der Waals surface area (Å²) in [7, 11) is 0. The van der Waals surface area contributed by atoms with Crippen LogP contribution in [0.1, 0.15) is 0 Å². The maximum atomic E-state index is 5.99. The van der Waals surface area contributed by atoms with E-state index in [4.69, 9.17) is 23.2 Å². The first-order valence-electron chi connectivity index (χ1n) is 4.47. The van der Waals surface area contributed by atoms with Gasteiger partial charge in [-0.2, -0.15) is 0 Å². The SMILES string of the molecule is Clc1ccc2c(c1)[nH]c1c(Cl)nccc12. The maximum absolute atomic E-state index is 5.99. The van der Waals surface area contributed by atoms with Crippen LogP contribution in [0.4, 0.5) is 0 Å². The molecule has 3 rings (SSSR count). The topological polar surface area (TPSA) is 28.7 Å². The number of hydrogen-bond donors (Lipinski definition) is 1. The summed E-state index contributed by atoms with van der Waals surface area (Å²) < 4.78 is 0. The molecule has 0 aliphatic carbocycles. The molecule has 1 N–H and O–H groups in total. The molecule has 0 bridgehead atoms. The van der Waals surface area contributed by atoms with Crippen LogP contribution in [0.25, 0.3) is 21.8 Å². The van der Waals surface area contributed by atoms with E-state index < -0.39 is 0 Å². The van der Waals surface area contributed by atoms with E-state index in [1.165, 1.54) is 0 Å². The zero-order valence-corrected chi connectivity index (χ0v) is 9.10. The molecule has 0 aliphatic rings.